The molecule has 0 unspecified atom stereocenters. The molecule has 0 radical (unpaired) electrons. The third kappa shape index (κ3) is 0.920. The average molecular weight is 149 g/mol. The predicted molar refractivity (Wildman–Crippen MR) is 38.4 cm³/mol. The second-order valence-corrected chi connectivity index (χ2v) is 2.18. The largest absolute Gasteiger partial charge is 0.446 e. The molecule has 0 atom stereocenters. The highest BCUT2D eigenvalue weighted by Crippen LogP contribution is 2.08. The molecule has 2 aromatic heterocycles. The van der Waals surface area contributed by atoms with E-state index in [1.54, 1.807) is 10.9 Å². The van der Waals surface area contributed by atoms with E-state index < -0.39 is 0 Å². The predicted octanol–water partition coefficient (Wildman–Crippen LogP) is 1.17. The number of aryl methyl sites for hydroxylation is 1. The molecule has 11 heavy (non-hydrogen) atoms. The monoisotopic (exact) mass is 149 g/mol. The summed E-state index contributed by atoms with van der Waals surface area (Å²) in [6.07, 6.45) is 4.94. The van der Waals surface area contributed by atoms with Crippen molar-refractivity contribution in [3.63, 3.8) is 0 Å². The van der Waals surface area contributed by atoms with Crippen LogP contribution in [0.1, 0.15) is 5.76 Å². The maximum Gasteiger partial charge on any atom is 0.195 e. The van der Waals surface area contributed by atoms with Crippen LogP contribution in [0.25, 0.3) is 5.82 Å². The van der Waals surface area contributed by atoms with Crippen LogP contribution in [0.3, 0.4) is 0 Å². The van der Waals surface area contributed by atoms with Crippen LogP contribution in [0.2, 0.25) is 0 Å². The molecule has 0 aliphatic carbocycles. The molecule has 0 amide bonds. The fourth-order valence-electron chi connectivity index (χ4n) is 0.914. The van der Waals surface area contributed by atoms with E-state index in [9.17, 15) is 0 Å². The number of nitrogens with zero attached hydrogens (tertiary/aromatic N) is 3. The fraction of sp³-hybridized carbons (Fsp3) is 0.143. The summed E-state index contributed by atoms with van der Waals surface area (Å²) in [6, 6.07) is 1.84. The van der Waals surface area contributed by atoms with Gasteiger partial charge in [0.05, 0.1) is 0 Å². The molecule has 2 rings (SSSR count). The van der Waals surface area contributed by atoms with Crippen molar-refractivity contribution >= 4 is 0 Å². The smallest absolute Gasteiger partial charge is 0.195 e. The summed E-state index contributed by atoms with van der Waals surface area (Å²) in [7, 11) is 0. The Bertz CT molecular complexity index is 336. The van der Waals surface area contributed by atoms with Crippen LogP contribution in [0.15, 0.2) is 29.3 Å². The van der Waals surface area contributed by atoms with Gasteiger partial charge in [0.25, 0.3) is 0 Å². The van der Waals surface area contributed by atoms with E-state index in [0.717, 1.165) is 11.6 Å². The lowest BCUT2D eigenvalue weighted by molar-refractivity contribution is 0.525. The fourth-order valence-corrected chi connectivity index (χ4v) is 0.914. The van der Waals surface area contributed by atoms with Gasteiger partial charge in [0, 0.05) is 12.4 Å². The average Bonchev–Trinajstić information content (AvgIpc) is 2.55. The van der Waals surface area contributed by atoms with Crippen LogP contribution in [0.4, 0.5) is 0 Å². The van der Waals surface area contributed by atoms with Gasteiger partial charge in [-0.05, 0) is 13.0 Å². The van der Waals surface area contributed by atoms with E-state index in [1.807, 2.05) is 19.2 Å². The molecule has 2 heterocycles. The molecule has 0 fully saturated rings. The molecule has 0 aliphatic rings. The van der Waals surface area contributed by atoms with Gasteiger partial charge >= 0.3 is 0 Å². The van der Waals surface area contributed by atoms with Crippen LogP contribution in [0, 0.1) is 6.92 Å². The highest BCUT2D eigenvalue weighted by atomic mass is 16.3. The molecule has 0 saturated heterocycles. The third-order valence-electron chi connectivity index (χ3n) is 1.44. The Morgan fingerprint density at radius 3 is 3.00 bits per heavy atom. The second kappa shape index (κ2) is 2.23. The van der Waals surface area contributed by atoms with Gasteiger partial charge in [-0.2, -0.15) is 10.1 Å². The van der Waals surface area contributed by atoms with Crippen molar-refractivity contribution in [2.45, 2.75) is 6.92 Å². The molecule has 0 aromatic carbocycles. The summed E-state index contributed by atoms with van der Waals surface area (Å²) < 4.78 is 6.68. The Labute approximate surface area is 63.5 Å². The minimum atomic E-state index is 0.745. The van der Waals surface area contributed by atoms with Crippen molar-refractivity contribution in [2.24, 2.45) is 0 Å². The van der Waals surface area contributed by atoms with Crippen molar-refractivity contribution in [1.29, 1.82) is 0 Å². The summed E-state index contributed by atoms with van der Waals surface area (Å²) in [5.41, 5.74) is 0. The van der Waals surface area contributed by atoms with Crippen molar-refractivity contribution in [3.8, 4) is 5.82 Å². The lowest BCUT2D eigenvalue weighted by atomic mass is 10.5. The van der Waals surface area contributed by atoms with Crippen LogP contribution in [-0.2, 0) is 0 Å². The number of rotatable bonds is 1. The van der Waals surface area contributed by atoms with Crippen molar-refractivity contribution in [3.05, 3.63) is 30.6 Å². The van der Waals surface area contributed by atoms with E-state index in [0.29, 0.717) is 0 Å². The molecule has 2 aromatic rings. The summed E-state index contributed by atoms with van der Waals surface area (Å²) in [5.74, 6) is 1.52. The molecule has 4 heteroatoms. The molecule has 0 N–H and O–H groups in total. The zero-order valence-corrected chi connectivity index (χ0v) is 6.06. The van der Waals surface area contributed by atoms with Crippen molar-refractivity contribution < 1.29 is 4.42 Å². The summed E-state index contributed by atoms with van der Waals surface area (Å²) in [5, 5.41) is 4.01. The van der Waals surface area contributed by atoms with Gasteiger partial charge in [0.2, 0.25) is 0 Å². The van der Waals surface area contributed by atoms with Crippen molar-refractivity contribution in [2.75, 3.05) is 0 Å². The van der Waals surface area contributed by atoms with E-state index in [2.05, 4.69) is 10.1 Å². The minimum Gasteiger partial charge on any atom is -0.446 e. The Morgan fingerprint density at radius 1 is 1.55 bits per heavy atom. The van der Waals surface area contributed by atoms with Gasteiger partial charge < -0.3 is 4.42 Å². The van der Waals surface area contributed by atoms with Crippen LogP contribution in [0.5, 0.6) is 0 Å². The molecule has 0 saturated carbocycles. The Kier molecular flexibility index (Phi) is 1.25. The minimum absolute atomic E-state index is 0.745. The SMILES string of the molecule is Cc1ocnc1-n1cccn1. The quantitative estimate of drug-likeness (QED) is 0.611. The first-order chi connectivity index (χ1) is 5.38. The number of aromatic nitrogens is 3. The van der Waals surface area contributed by atoms with E-state index in [-0.39, 0.29) is 0 Å². The first-order valence-electron chi connectivity index (χ1n) is 3.28. The van der Waals surface area contributed by atoms with E-state index in [1.165, 1.54) is 6.39 Å². The van der Waals surface area contributed by atoms with Crippen LogP contribution >= 0.6 is 0 Å². The van der Waals surface area contributed by atoms with Crippen LogP contribution in [-0.4, -0.2) is 14.8 Å². The number of hydrogen-bond donors (Lipinski definition) is 0. The van der Waals surface area contributed by atoms with Gasteiger partial charge in [-0.15, -0.1) is 0 Å². The Balaban J connectivity index is 2.53. The highest BCUT2D eigenvalue weighted by Gasteiger charge is 2.03. The molecular formula is C7H7N3O. The van der Waals surface area contributed by atoms with Gasteiger partial charge in [0.1, 0.15) is 5.76 Å². The molecule has 4 nitrogen and oxygen atoms in total. The lowest BCUT2D eigenvalue weighted by Gasteiger charge is -1.93. The normalized spacial score (nSPS) is 10.3. The number of hydrogen-bond acceptors (Lipinski definition) is 3. The first kappa shape index (κ1) is 6.15. The van der Waals surface area contributed by atoms with E-state index in [4.69, 9.17) is 4.42 Å². The van der Waals surface area contributed by atoms with Crippen molar-refractivity contribution in [1.82, 2.24) is 14.8 Å². The summed E-state index contributed by atoms with van der Waals surface area (Å²) in [6.45, 7) is 1.85. The molecular weight excluding hydrogens is 142 g/mol. The standard InChI is InChI=1S/C7H7N3O/c1-6-7(8-5-11-6)10-4-2-3-9-10/h2-5H,1H3. The first-order valence-corrected chi connectivity index (χ1v) is 3.28. The zero-order valence-electron chi connectivity index (χ0n) is 6.06. The molecule has 0 bridgehead atoms. The van der Waals surface area contributed by atoms with E-state index >= 15 is 0 Å². The van der Waals surface area contributed by atoms with Gasteiger partial charge in [0.15, 0.2) is 12.2 Å². The maximum absolute atomic E-state index is 5.02. The second-order valence-electron chi connectivity index (χ2n) is 2.18. The summed E-state index contributed by atoms with van der Waals surface area (Å²) in [4.78, 5) is 3.99. The number of oxazole rings is 1. The topological polar surface area (TPSA) is 43.9 Å². The van der Waals surface area contributed by atoms with Crippen LogP contribution < -0.4 is 0 Å². The maximum atomic E-state index is 5.02. The summed E-state index contributed by atoms with van der Waals surface area (Å²) >= 11 is 0. The van der Waals surface area contributed by atoms with Gasteiger partial charge in [-0.25, -0.2) is 4.68 Å². The molecule has 0 spiro atoms. The third-order valence-corrected chi connectivity index (χ3v) is 1.44. The molecule has 0 aliphatic heterocycles. The Morgan fingerprint density at radius 2 is 2.45 bits per heavy atom. The lowest BCUT2D eigenvalue weighted by Crippen LogP contribution is -1.95. The Hall–Kier alpha value is -1.58. The zero-order chi connectivity index (χ0) is 7.68. The van der Waals surface area contributed by atoms with Gasteiger partial charge in [-0.3, -0.25) is 0 Å². The van der Waals surface area contributed by atoms with Gasteiger partial charge in [-0.1, -0.05) is 0 Å². The molecule has 56 valence electrons. The highest BCUT2D eigenvalue weighted by molar-refractivity contribution is 5.22.